The molecule has 0 aromatic carbocycles. The molecule has 42 heavy (non-hydrogen) atoms. The second-order valence-electron chi connectivity index (χ2n) is 14.4. The summed E-state index contributed by atoms with van der Waals surface area (Å²) in [6, 6.07) is 0.152. The first kappa shape index (κ1) is 30.2. The molecule has 6 aliphatic rings. The predicted molar refractivity (Wildman–Crippen MR) is 165 cm³/mol. The Morgan fingerprint density at radius 2 is 1.74 bits per heavy atom. The quantitative estimate of drug-likeness (QED) is 0.113. The molecule has 1 spiro atoms. The van der Waals surface area contributed by atoms with Crippen molar-refractivity contribution in [1.29, 1.82) is 0 Å². The minimum absolute atomic E-state index is 0.0213. The minimum Gasteiger partial charge on any atom is -0.485 e. The van der Waals surface area contributed by atoms with Crippen molar-refractivity contribution in [3.05, 3.63) is 35.8 Å². The summed E-state index contributed by atoms with van der Waals surface area (Å²) in [5.41, 5.74) is -0.130. The lowest BCUT2D eigenvalue weighted by molar-refractivity contribution is -0.240. The fourth-order valence-corrected chi connectivity index (χ4v) is 9.29. The van der Waals surface area contributed by atoms with E-state index in [1.807, 2.05) is 6.08 Å². The maximum absolute atomic E-state index is 12.7. The molecule has 2 bridgehead atoms. The van der Waals surface area contributed by atoms with Crippen molar-refractivity contribution >= 4 is 6.16 Å². The summed E-state index contributed by atoms with van der Waals surface area (Å²) >= 11 is 0. The summed E-state index contributed by atoms with van der Waals surface area (Å²) in [6.45, 7) is 9.17. The lowest BCUT2D eigenvalue weighted by Crippen LogP contribution is -2.75. The number of aliphatic hydroxyl groups is 1. The van der Waals surface area contributed by atoms with Crippen molar-refractivity contribution in [1.82, 2.24) is 4.90 Å². The van der Waals surface area contributed by atoms with Crippen molar-refractivity contribution in [3.63, 3.8) is 0 Å². The third-order valence-electron chi connectivity index (χ3n) is 11.6. The SMILES string of the molecule is C=C1CC[C@@]2(O)C3CC4C=CC(OC(=O)OCCCCCCCCCCCCCC)=C5O[C@@H]1[C@]2(CCN3CC1CC1)C54. The molecule has 2 heterocycles. The van der Waals surface area contributed by atoms with E-state index in [4.69, 9.17) is 14.2 Å². The van der Waals surface area contributed by atoms with Gasteiger partial charge in [-0.1, -0.05) is 90.2 Å². The molecule has 234 valence electrons. The first-order chi connectivity index (χ1) is 20.5. The highest BCUT2D eigenvalue weighted by Crippen LogP contribution is 2.70. The van der Waals surface area contributed by atoms with Crippen LogP contribution in [0.3, 0.4) is 0 Å². The Labute approximate surface area is 253 Å². The van der Waals surface area contributed by atoms with Gasteiger partial charge in [-0.3, -0.25) is 4.90 Å². The molecule has 3 unspecified atom stereocenters. The average molecular weight is 582 g/mol. The Morgan fingerprint density at radius 1 is 1.05 bits per heavy atom. The number of piperidine rings is 1. The molecule has 5 fully saturated rings. The van der Waals surface area contributed by atoms with Gasteiger partial charge in [-0.15, -0.1) is 0 Å². The third kappa shape index (κ3) is 5.72. The van der Waals surface area contributed by atoms with Crippen LogP contribution in [0.4, 0.5) is 4.79 Å². The summed E-state index contributed by atoms with van der Waals surface area (Å²) in [7, 11) is 0. The molecule has 4 aliphatic carbocycles. The van der Waals surface area contributed by atoms with Crippen LogP contribution in [-0.4, -0.2) is 53.6 Å². The molecule has 2 aliphatic heterocycles. The number of unbranched alkanes of at least 4 members (excludes halogenated alkanes) is 11. The molecule has 6 heteroatoms. The van der Waals surface area contributed by atoms with Gasteiger partial charge in [0.05, 0.1) is 17.6 Å². The lowest BCUT2D eigenvalue weighted by atomic mass is 9.44. The van der Waals surface area contributed by atoms with Crippen LogP contribution in [0.15, 0.2) is 35.8 Å². The number of rotatable bonds is 16. The first-order valence-corrected chi connectivity index (χ1v) is 17.6. The average Bonchev–Trinajstić information content (AvgIpc) is 3.72. The van der Waals surface area contributed by atoms with Crippen molar-refractivity contribution in [2.24, 2.45) is 23.2 Å². The molecule has 6 rings (SSSR count). The van der Waals surface area contributed by atoms with Crippen LogP contribution in [0.5, 0.6) is 0 Å². The topological polar surface area (TPSA) is 68.2 Å². The smallest absolute Gasteiger partial charge is 0.485 e. The number of carbonyl (C=O) groups is 1. The van der Waals surface area contributed by atoms with Gasteiger partial charge >= 0.3 is 6.16 Å². The Hall–Kier alpha value is -1.79. The maximum Gasteiger partial charge on any atom is 0.513 e. The molecular weight excluding hydrogens is 526 g/mol. The highest BCUT2D eigenvalue weighted by atomic mass is 16.7. The largest absolute Gasteiger partial charge is 0.513 e. The van der Waals surface area contributed by atoms with Gasteiger partial charge in [0.2, 0.25) is 0 Å². The van der Waals surface area contributed by atoms with E-state index in [0.717, 1.165) is 68.9 Å². The number of likely N-dealkylation sites (tertiary alicyclic amines) is 1. The molecule has 6 nitrogen and oxygen atoms in total. The van der Waals surface area contributed by atoms with Crippen LogP contribution < -0.4 is 0 Å². The van der Waals surface area contributed by atoms with Crippen LogP contribution in [0.2, 0.25) is 0 Å². The molecule has 0 radical (unpaired) electrons. The van der Waals surface area contributed by atoms with E-state index in [1.54, 1.807) is 0 Å². The summed E-state index contributed by atoms with van der Waals surface area (Å²) < 4.78 is 18.0. The highest BCUT2D eigenvalue weighted by molar-refractivity contribution is 5.62. The highest BCUT2D eigenvalue weighted by Gasteiger charge is 2.76. The van der Waals surface area contributed by atoms with Crippen LogP contribution >= 0.6 is 0 Å². The van der Waals surface area contributed by atoms with Gasteiger partial charge in [0.1, 0.15) is 11.9 Å². The summed E-state index contributed by atoms with van der Waals surface area (Å²) in [5, 5.41) is 12.5. The molecule has 2 saturated heterocycles. The van der Waals surface area contributed by atoms with Crippen molar-refractivity contribution in [2.75, 3.05) is 19.7 Å². The Bertz CT molecular complexity index is 1050. The summed E-state index contributed by atoms with van der Waals surface area (Å²) in [5.74, 6) is 2.30. The zero-order valence-electron chi connectivity index (χ0n) is 26.1. The molecule has 3 saturated carbocycles. The lowest BCUT2D eigenvalue weighted by Gasteiger charge is -2.66. The van der Waals surface area contributed by atoms with E-state index in [1.165, 1.54) is 77.0 Å². The van der Waals surface area contributed by atoms with E-state index in [2.05, 4.69) is 24.5 Å². The van der Waals surface area contributed by atoms with Crippen LogP contribution in [0.25, 0.3) is 0 Å². The standard InChI is InChI=1S/C36H55NO5/c1-3-4-5-6-7-8-9-10-11-12-13-14-23-40-34(38)41-29-18-17-28-24-30-36(39)20-19-26(2)33-35(36,31(28)32(29)42-33)21-22-37(30)25-27-15-16-27/h17-18,27-28,30-31,33,39H,2-16,19-25H2,1H3/t28?,30?,31?,33-,35-,36+/m0/s1. The molecule has 6 atom stereocenters. The number of hydrogen-bond donors (Lipinski definition) is 1. The molecule has 0 aromatic rings. The minimum atomic E-state index is -0.805. The molecule has 0 aromatic heterocycles. The second-order valence-corrected chi connectivity index (χ2v) is 14.4. The third-order valence-corrected chi connectivity index (χ3v) is 11.6. The van der Waals surface area contributed by atoms with E-state index in [0.29, 0.717) is 12.4 Å². The van der Waals surface area contributed by atoms with Crippen molar-refractivity contribution < 1.29 is 24.1 Å². The van der Waals surface area contributed by atoms with Gasteiger partial charge in [-0.2, -0.15) is 0 Å². The van der Waals surface area contributed by atoms with Crippen molar-refractivity contribution in [2.45, 2.75) is 140 Å². The van der Waals surface area contributed by atoms with E-state index >= 15 is 0 Å². The number of nitrogens with zero attached hydrogens (tertiary/aromatic N) is 1. The van der Waals surface area contributed by atoms with Gasteiger partial charge < -0.3 is 19.3 Å². The predicted octanol–water partition coefficient (Wildman–Crippen LogP) is 8.21. The van der Waals surface area contributed by atoms with Gasteiger partial charge in [0, 0.05) is 18.5 Å². The van der Waals surface area contributed by atoms with E-state index in [-0.39, 0.29) is 24.0 Å². The Balaban J connectivity index is 0.993. The maximum atomic E-state index is 12.7. The van der Waals surface area contributed by atoms with Gasteiger partial charge in [-0.05, 0) is 75.0 Å². The van der Waals surface area contributed by atoms with Gasteiger partial charge in [0.25, 0.3) is 0 Å². The van der Waals surface area contributed by atoms with Crippen LogP contribution in [-0.2, 0) is 14.2 Å². The molecular formula is C36H55NO5. The number of hydrogen-bond acceptors (Lipinski definition) is 6. The summed E-state index contributed by atoms with van der Waals surface area (Å²) in [6.07, 6.45) is 24.5. The Morgan fingerprint density at radius 3 is 2.43 bits per heavy atom. The molecule has 1 N–H and O–H groups in total. The van der Waals surface area contributed by atoms with Crippen LogP contribution in [0.1, 0.15) is 122 Å². The first-order valence-electron chi connectivity index (χ1n) is 17.6. The normalized spacial score (nSPS) is 34.8. The fraction of sp³-hybridized carbons (Fsp3) is 0.806. The summed E-state index contributed by atoms with van der Waals surface area (Å²) in [4.78, 5) is 15.3. The monoisotopic (exact) mass is 581 g/mol. The van der Waals surface area contributed by atoms with Crippen LogP contribution in [0, 0.1) is 23.2 Å². The van der Waals surface area contributed by atoms with E-state index < -0.39 is 17.2 Å². The zero-order valence-corrected chi connectivity index (χ0v) is 26.1. The van der Waals surface area contributed by atoms with Gasteiger partial charge in [0.15, 0.2) is 5.76 Å². The fourth-order valence-electron chi connectivity index (χ4n) is 9.29. The Kier molecular flexibility index (Phi) is 9.40. The number of allylic oxidation sites excluding steroid dienone is 3. The van der Waals surface area contributed by atoms with E-state index in [9.17, 15) is 9.90 Å². The molecule has 0 amide bonds. The van der Waals surface area contributed by atoms with Crippen molar-refractivity contribution in [3.8, 4) is 0 Å². The van der Waals surface area contributed by atoms with Gasteiger partial charge in [-0.25, -0.2) is 4.79 Å². The zero-order chi connectivity index (χ0) is 29.2. The number of carbonyl (C=O) groups excluding carboxylic acids is 1. The number of ether oxygens (including phenoxy) is 3. The second kappa shape index (κ2) is 13.1.